The highest BCUT2D eigenvalue weighted by atomic mass is 32.2. The van der Waals surface area contributed by atoms with Crippen molar-refractivity contribution in [1.82, 2.24) is 98.8 Å². The maximum absolute atomic E-state index is 15.4. The van der Waals surface area contributed by atoms with Crippen LogP contribution in [0.25, 0.3) is 10.9 Å². The van der Waals surface area contributed by atoms with E-state index in [2.05, 4.69) is 84.1 Å². The molecule has 14 atom stereocenters. The molecule has 126 heavy (non-hydrogen) atoms. The summed E-state index contributed by atoms with van der Waals surface area (Å²) in [4.78, 5) is 236. The van der Waals surface area contributed by atoms with Gasteiger partial charge in [-0.2, -0.15) is 11.8 Å². The number of urea groups is 1. The summed E-state index contributed by atoms with van der Waals surface area (Å²) in [6.45, 7) is 4.35. The van der Waals surface area contributed by atoms with E-state index in [0.717, 1.165) is 35.1 Å². The molecule has 3 aromatic carbocycles. The highest BCUT2D eigenvalue weighted by molar-refractivity contribution is 8.00. The summed E-state index contributed by atoms with van der Waals surface area (Å²) in [5.74, 6) is -8.95. The minimum atomic E-state index is -1.32. The van der Waals surface area contributed by atoms with E-state index in [-0.39, 0.29) is 114 Å². The molecule has 0 radical (unpaired) electrons. The maximum Gasteiger partial charge on any atom is 0.315 e. The van der Waals surface area contributed by atoms with E-state index in [1.807, 2.05) is 68.1 Å². The van der Waals surface area contributed by atoms with Crippen LogP contribution >= 0.6 is 11.8 Å². The van der Waals surface area contributed by atoms with E-state index in [9.17, 15) is 62.3 Å². The molecule has 0 spiro atoms. The summed E-state index contributed by atoms with van der Waals surface area (Å²) in [7, 11) is 0. The lowest BCUT2D eigenvalue weighted by Gasteiger charge is -2.32. The van der Waals surface area contributed by atoms with Gasteiger partial charge in [0.1, 0.15) is 60.4 Å². The number of imidazole rings is 1. The number of nitrogens with one attached hydrogen (secondary N) is 15. The summed E-state index contributed by atoms with van der Waals surface area (Å²) in [5.41, 5.74) is 20.9. The number of carbonyl (C=O) groups excluding carboxylic acids is 16. The predicted molar refractivity (Wildman–Crippen MR) is 467 cm³/mol. The number of nitrogens with zero attached hydrogens (tertiary/aromatic N) is 4. The highest BCUT2D eigenvalue weighted by Gasteiger charge is 2.46. The van der Waals surface area contributed by atoms with Crippen LogP contribution in [0.1, 0.15) is 152 Å². The van der Waals surface area contributed by atoms with Crippen molar-refractivity contribution in [3.63, 3.8) is 0 Å². The highest BCUT2D eigenvalue weighted by Crippen LogP contribution is 2.34. The molecule has 0 bridgehead atoms. The first kappa shape index (κ1) is 96.2. The number of thioether (sulfide) groups is 1. The van der Waals surface area contributed by atoms with Gasteiger partial charge in [-0.1, -0.05) is 99.1 Å². The third kappa shape index (κ3) is 28.3. The number of para-hydroxylation sites is 1. The summed E-state index contributed by atoms with van der Waals surface area (Å²) in [5, 5.41) is 36.5. The number of H-pyrrole nitrogens is 2. The van der Waals surface area contributed by atoms with Crippen molar-refractivity contribution in [2.45, 2.75) is 239 Å². The number of nitrogens with two attached hydrogens (primary N) is 3. The van der Waals surface area contributed by atoms with Crippen molar-refractivity contribution in [2.24, 2.45) is 23.1 Å². The second-order valence-corrected chi connectivity index (χ2v) is 34.6. The van der Waals surface area contributed by atoms with Crippen LogP contribution in [0.3, 0.4) is 0 Å². The summed E-state index contributed by atoms with van der Waals surface area (Å²) >= 11 is 1.82. The molecule has 5 saturated heterocycles. The molecule has 39 heteroatoms. The molecule has 5 aliphatic rings. The molecule has 682 valence electrons. The second kappa shape index (κ2) is 47.9. The Hall–Kier alpha value is -12.0. The number of unbranched alkanes of at least 4 members (excludes halogenated alkanes) is 3. The van der Waals surface area contributed by atoms with E-state index in [0.29, 0.717) is 92.8 Å². The Morgan fingerprint density at radius 2 is 1.06 bits per heavy atom. The van der Waals surface area contributed by atoms with Gasteiger partial charge in [-0.3, -0.25) is 71.9 Å². The van der Waals surface area contributed by atoms with Gasteiger partial charge in [0, 0.05) is 92.6 Å². The number of amides is 17. The van der Waals surface area contributed by atoms with Crippen molar-refractivity contribution in [3.05, 3.63) is 126 Å². The first-order valence-electron chi connectivity index (χ1n) is 43.8. The molecule has 0 aliphatic carbocycles. The zero-order chi connectivity index (χ0) is 90.3. The van der Waals surface area contributed by atoms with Crippen molar-refractivity contribution >= 4 is 117 Å². The lowest BCUT2D eigenvalue weighted by Crippen LogP contribution is -2.60. The molecule has 0 saturated carbocycles. The number of hydrogen-bond acceptors (Lipinski definition) is 20. The van der Waals surface area contributed by atoms with Crippen molar-refractivity contribution < 1.29 is 76.7 Å². The van der Waals surface area contributed by atoms with E-state index >= 15 is 14.4 Å². The van der Waals surface area contributed by atoms with Gasteiger partial charge in [0.05, 0.1) is 49.8 Å². The quantitative estimate of drug-likeness (QED) is 0.0162. The SMILES string of the molecule is CC(C)C[C@H](N)C(=O)N[C@@H](Cc1ccccc1)C(=O)N[C@@H](Cc1c[nH]cn1)C(=O)N1CCC[C@H]1C(=O)N[C@@H](Cc1c[nH]c2ccccc12)C(=O)N1CCC[C@H]1C(=O)N[C@@H](C)C(=O)N[C@@H](Cc1ccccc1)C(=O)N1CCC[C@H]1C(=O)N[C@@H](CCCCN)C(=O)NCC(=O)NCC(=O)NCC(=O)N[C@@H](CCCCNC(=O)CCCC[C@@H]1SC[C@@H]2NC(=O)N[C@@H]21)C(N)=O. The molecule has 21 N–H and O–H groups in total. The number of rotatable bonds is 48. The van der Waals surface area contributed by atoms with Gasteiger partial charge in [0.15, 0.2) is 0 Å². The fraction of sp³-hybridized carbons (Fsp3) is 0.552. The average Bonchev–Trinajstić information content (AvgIpc) is 1.62. The smallest absolute Gasteiger partial charge is 0.315 e. The lowest BCUT2D eigenvalue weighted by atomic mass is 10.0. The second-order valence-electron chi connectivity index (χ2n) is 33.3. The fourth-order valence-corrected chi connectivity index (χ4v) is 18.2. The van der Waals surface area contributed by atoms with Crippen molar-refractivity contribution in [2.75, 3.05) is 58.1 Å². The molecular weight excluding hydrogens is 1640 g/mol. The van der Waals surface area contributed by atoms with Crippen LogP contribution in [0, 0.1) is 5.92 Å². The van der Waals surface area contributed by atoms with Crippen LogP contribution in [0.5, 0.6) is 0 Å². The Kier molecular flexibility index (Phi) is 36.6. The first-order valence-corrected chi connectivity index (χ1v) is 44.8. The van der Waals surface area contributed by atoms with Crippen LogP contribution in [0.4, 0.5) is 4.79 Å². The van der Waals surface area contributed by atoms with E-state index in [1.54, 1.807) is 54.9 Å². The minimum Gasteiger partial charge on any atom is -0.368 e. The Morgan fingerprint density at radius 1 is 0.516 bits per heavy atom. The standard InChI is InChI=1S/C87H122N22O16S/c1-51(2)39-58(89)78(116)101-62(40-53-21-6-4-7-22-53)80(118)103-65(43-56-45-91-50-97-56)86(124)109-38-20-31-69(109)83(121)104-64(42-55-44-93-59-26-11-10-25-57(55)59)85(123)107-36-18-29-67(107)81(119)98-52(3)77(115)102-63(41-54-23-8-5-9-24-54)84(122)108-37-19-30-68(108)82(120)100-61(28-14-16-34-88)79(117)96-47-73(112)94-46-72(111)95-48-74(113)99-60(76(90)114)27-15-17-35-92-71(110)33-13-12-32-70-75-66(49-126-70)105-87(125)106-75/h4-11,21-26,44-45,50-52,58,60-70,75,93H,12-20,27-43,46-49,88-89H2,1-3H3,(H2,90,114)(H,91,97)(H,92,110)(H,94,112)(H,95,111)(H,96,117)(H,98,119)(H,99,113)(H,100,120)(H,101,116)(H,102,115)(H,103,118)(H,104,121)(H2,105,106,125)/t52-,58-,60-,61-,62-,63-,64-,65-,66-,67-,68-,69-,70-,75-/m0/s1. The number of aromatic nitrogens is 3. The molecule has 5 aromatic rings. The normalized spacial score (nSPS) is 19.5. The molecular formula is C87H122N22O16S. The third-order valence-corrected chi connectivity index (χ3v) is 24.8. The molecule has 0 unspecified atom stereocenters. The summed E-state index contributed by atoms with van der Waals surface area (Å²) in [6.07, 6.45) is 11.4. The summed E-state index contributed by atoms with van der Waals surface area (Å²) < 4.78 is 0. The number of aromatic amines is 2. The predicted octanol–water partition coefficient (Wildman–Crippen LogP) is -1.10. The zero-order valence-electron chi connectivity index (χ0n) is 71.6. The number of likely N-dealkylation sites (tertiary alicyclic amines) is 3. The number of primary amides is 1. The minimum absolute atomic E-state index is 0.0512. The molecule has 7 heterocycles. The van der Waals surface area contributed by atoms with Gasteiger partial charge in [-0.05, 0) is 138 Å². The molecule has 2 aromatic heterocycles. The number of carbonyl (C=O) groups is 16. The number of fused-ring (bicyclic) bond motifs is 2. The Balaban J connectivity index is 0.712. The van der Waals surface area contributed by atoms with E-state index < -0.39 is 169 Å². The monoisotopic (exact) mass is 1760 g/mol. The van der Waals surface area contributed by atoms with Gasteiger partial charge in [0.2, 0.25) is 88.6 Å². The zero-order valence-corrected chi connectivity index (χ0v) is 72.5. The fourth-order valence-electron chi connectivity index (χ4n) is 16.7. The molecule has 5 fully saturated rings. The van der Waals surface area contributed by atoms with Crippen LogP contribution in [-0.4, -0.2) is 266 Å². The van der Waals surface area contributed by atoms with Crippen molar-refractivity contribution in [1.29, 1.82) is 0 Å². The Morgan fingerprint density at radius 3 is 1.66 bits per heavy atom. The van der Waals surface area contributed by atoms with Gasteiger partial charge < -0.3 is 111 Å². The van der Waals surface area contributed by atoms with Gasteiger partial charge in [-0.25, -0.2) is 9.78 Å². The average molecular weight is 1760 g/mol. The Bertz CT molecular complexity index is 4600. The molecule has 5 aliphatic heterocycles. The van der Waals surface area contributed by atoms with Gasteiger partial charge in [0.25, 0.3) is 0 Å². The Labute approximate surface area is 735 Å². The van der Waals surface area contributed by atoms with E-state index in [1.165, 1.54) is 28.0 Å². The molecule has 17 amide bonds. The number of hydrogen-bond donors (Lipinski definition) is 18. The molecule has 10 rings (SSSR count). The van der Waals surface area contributed by atoms with Crippen molar-refractivity contribution in [3.8, 4) is 0 Å². The summed E-state index contributed by atoms with van der Waals surface area (Å²) in [6, 6.07) is 12.3. The topological polar surface area (TPSA) is 562 Å². The van der Waals surface area contributed by atoms with Crippen LogP contribution in [0.15, 0.2) is 104 Å². The van der Waals surface area contributed by atoms with Gasteiger partial charge in [-0.15, -0.1) is 0 Å². The lowest BCUT2D eigenvalue weighted by molar-refractivity contribution is -0.144. The van der Waals surface area contributed by atoms with Crippen LogP contribution < -0.4 is 86.3 Å². The van der Waals surface area contributed by atoms with E-state index in [4.69, 9.17) is 17.2 Å². The third-order valence-electron chi connectivity index (χ3n) is 23.3. The number of benzene rings is 3. The largest absolute Gasteiger partial charge is 0.368 e. The van der Waals surface area contributed by atoms with Gasteiger partial charge >= 0.3 is 6.03 Å². The van der Waals surface area contributed by atoms with Crippen LogP contribution in [-0.2, 0) is 97.6 Å². The maximum atomic E-state index is 15.4. The van der Waals surface area contributed by atoms with Crippen LogP contribution in [0.2, 0.25) is 0 Å². The molecule has 38 nitrogen and oxygen atoms in total. The first-order chi connectivity index (χ1) is 60.6.